The highest BCUT2D eigenvalue weighted by Crippen LogP contribution is 2.30. The Hall–Kier alpha value is -1.81. The summed E-state index contributed by atoms with van der Waals surface area (Å²) in [6, 6.07) is 5.80. The zero-order valence-electron chi connectivity index (χ0n) is 8.77. The lowest BCUT2D eigenvalue weighted by Crippen LogP contribution is -2.16. The quantitative estimate of drug-likeness (QED) is 0.597. The van der Waals surface area contributed by atoms with Crippen molar-refractivity contribution in [2.75, 3.05) is 25.0 Å². The third kappa shape index (κ3) is 1.59. The normalized spacial score (nSPS) is 10.5. The van der Waals surface area contributed by atoms with Crippen LogP contribution in [-0.2, 0) is 4.84 Å². The minimum absolute atomic E-state index is 0.708. The average molecular weight is 203 g/mol. The second kappa shape index (κ2) is 3.74. The summed E-state index contributed by atoms with van der Waals surface area (Å²) < 4.78 is 0. The van der Waals surface area contributed by atoms with E-state index in [0.29, 0.717) is 5.69 Å². The van der Waals surface area contributed by atoms with Crippen molar-refractivity contribution >= 4 is 22.1 Å². The van der Waals surface area contributed by atoms with Crippen molar-refractivity contribution in [3.63, 3.8) is 0 Å². The van der Waals surface area contributed by atoms with Gasteiger partial charge in [-0.05, 0) is 12.1 Å². The van der Waals surface area contributed by atoms with E-state index in [1.165, 1.54) is 0 Å². The molecule has 0 unspecified atom stereocenters. The number of aromatic nitrogens is 1. The van der Waals surface area contributed by atoms with Crippen molar-refractivity contribution in [3.05, 3.63) is 30.6 Å². The van der Waals surface area contributed by atoms with Crippen LogP contribution in [-0.4, -0.2) is 19.1 Å². The summed E-state index contributed by atoms with van der Waals surface area (Å²) >= 11 is 0. The molecule has 0 aliphatic carbocycles. The molecule has 4 nitrogen and oxygen atoms in total. The number of anilines is 2. The first-order valence-corrected chi connectivity index (χ1v) is 4.64. The fourth-order valence-electron chi connectivity index (χ4n) is 1.55. The zero-order chi connectivity index (χ0) is 10.8. The molecule has 0 amide bonds. The van der Waals surface area contributed by atoms with Gasteiger partial charge < -0.3 is 5.73 Å². The number of pyridine rings is 1. The predicted molar refractivity (Wildman–Crippen MR) is 61.6 cm³/mol. The largest absolute Gasteiger partial charge is 0.396 e. The first-order chi connectivity index (χ1) is 7.24. The summed E-state index contributed by atoms with van der Waals surface area (Å²) in [7, 11) is 3.43. The highest BCUT2D eigenvalue weighted by Gasteiger charge is 2.07. The average Bonchev–Trinajstić information content (AvgIpc) is 2.29. The van der Waals surface area contributed by atoms with E-state index in [2.05, 4.69) is 4.98 Å². The van der Waals surface area contributed by atoms with Crippen molar-refractivity contribution in [1.82, 2.24) is 4.98 Å². The van der Waals surface area contributed by atoms with Gasteiger partial charge in [0.25, 0.3) is 0 Å². The number of rotatable bonds is 2. The van der Waals surface area contributed by atoms with Crippen molar-refractivity contribution in [2.45, 2.75) is 0 Å². The van der Waals surface area contributed by atoms with Gasteiger partial charge in [0.1, 0.15) is 0 Å². The summed E-state index contributed by atoms with van der Waals surface area (Å²) in [5, 5.41) is 3.66. The second-order valence-corrected chi connectivity index (χ2v) is 3.28. The van der Waals surface area contributed by atoms with Gasteiger partial charge in [-0.15, -0.1) is 0 Å². The van der Waals surface area contributed by atoms with Crippen molar-refractivity contribution < 1.29 is 4.84 Å². The molecule has 4 heteroatoms. The lowest BCUT2D eigenvalue weighted by molar-refractivity contribution is 0.185. The van der Waals surface area contributed by atoms with Gasteiger partial charge in [0.15, 0.2) is 0 Å². The summed E-state index contributed by atoms with van der Waals surface area (Å²) in [6.45, 7) is 0. The highest BCUT2D eigenvalue weighted by atomic mass is 16.7. The number of hydroxylamine groups is 1. The van der Waals surface area contributed by atoms with E-state index in [9.17, 15) is 0 Å². The molecule has 0 aliphatic heterocycles. The van der Waals surface area contributed by atoms with Crippen LogP contribution in [0.1, 0.15) is 0 Å². The maximum absolute atomic E-state index is 6.05. The number of nitrogens with two attached hydrogens (primary N) is 1. The van der Waals surface area contributed by atoms with Gasteiger partial charge in [0.05, 0.1) is 18.5 Å². The van der Waals surface area contributed by atoms with Gasteiger partial charge in [-0.2, -0.15) is 0 Å². The molecule has 2 N–H and O–H groups in total. The topological polar surface area (TPSA) is 51.4 Å². The fraction of sp³-hybridized carbons (Fsp3) is 0.182. The lowest BCUT2D eigenvalue weighted by Gasteiger charge is -2.18. The molecule has 0 atom stereocenters. The minimum atomic E-state index is 0.708. The Balaban J connectivity index is 2.65. The Labute approximate surface area is 88.2 Å². The molecular formula is C11H13N3O. The summed E-state index contributed by atoms with van der Waals surface area (Å²) in [5.41, 5.74) is 7.61. The van der Waals surface area contributed by atoms with E-state index in [0.717, 1.165) is 16.5 Å². The van der Waals surface area contributed by atoms with Gasteiger partial charge in [0.2, 0.25) is 0 Å². The summed E-state index contributed by atoms with van der Waals surface area (Å²) in [4.78, 5) is 9.15. The van der Waals surface area contributed by atoms with E-state index in [4.69, 9.17) is 10.6 Å². The molecule has 0 fully saturated rings. The highest BCUT2D eigenvalue weighted by molar-refractivity contribution is 5.98. The number of nitrogen functional groups attached to an aromatic ring is 1. The van der Waals surface area contributed by atoms with Gasteiger partial charge in [-0.1, -0.05) is 6.07 Å². The Kier molecular flexibility index (Phi) is 2.43. The number of benzene rings is 1. The van der Waals surface area contributed by atoms with E-state index >= 15 is 0 Å². The van der Waals surface area contributed by atoms with E-state index in [-0.39, 0.29) is 0 Å². The van der Waals surface area contributed by atoms with E-state index in [1.54, 1.807) is 24.6 Å². The Bertz CT molecular complexity index is 484. The third-order valence-electron chi connectivity index (χ3n) is 2.45. The zero-order valence-corrected chi connectivity index (χ0v) is 8.77. The fourth-order valence-corrected chi connectivity index (χ4v) is 1.55. The maximum Gasteiger partial charge on any atom is 0.0868 e. The summed E-state index contributed by atoms with van der Waals surface area (Å²) in [6.07, 6.45) is 3.53. The number of nitrogens with zero attached hydrogens (tertiary/aromatic N) is 2. The van der Waals surface area contributed by atoms with Crippen LogP contribution >= 0.6 is 0 Å². The van der Waals surface area contributed by atoms with Crippen LogP contribution in [0.15, 0.2) is 30.6 Å². The molecule has 0 radical (unpaired) electrons. The SMILES string of the molecule is CON(C)c1ccc2cnccc2c1N. The van der Waals surface area contributed by atoms with Crippen molar-refractivity contribution in [2.24, 2.45) is 0 Å². The lowest BCUT2D eigenvalue weighted by atomic mass is 10.1. The Morgan fingerprint density at radius 3 is 2.87 bits per heavy atom. The van der Waals surface area contributed by atoms with E-state index in [1.807, 2.05) is 25.2 Å². The number of hydrogen-bond donors (Lipinski definition) is 1. The molecule has 1 heterocycles. The molecule has 78 valence electrons. The molecule has 0 bridgehead atoms. The van der Waals surface area contributed by atoms with E-state index < -0.39 is 0 Å². The molecule has 2 rings (SSSR count). The van der Waals surface area contributed by atoms with Gasteiger partial charge >= 0.3 is 0 Å². The standard InChI is InChI=1S/C11H13N3O/c1-14(15-2)10-4-3-8-7-13-6-5-9(8)11(10)12/h3-7H,12H2,1-2H3. The Morgan fingerprint density at radius 1 is 1.33 bits per heavy atom. The van der Waals surface area contributed by atoms with Crippen LogP contribution in [0.3, 0.4) is 0 Å². The van der Waals surface area contributed by atoms with Crippen molar-refractivity contribution in [1.29, 1.82) is 0 Å². The molecule has 2 aromatic rings. The number of hydrogen-bond acceptors (Lipinski definition) is 4. The van der Waals surface area contributed by atoms with Gasteiger partial charge in [-0.25, -0.2) is 0 Å². The smallest absolute Gasteiger partial charge is 0.0868 e. The molecule has 0 aliphatic rings. The predicted octanol–water partition coefficient (Wildman–Crippen LogP) is 1.81. The van der Waals surface area contributed by atoms with Crippen LogP contribution < -0.4 is 10.8 Å². The molecular weight excluding hydrogens is 190 g/mol. The first-order valence-electron chi connectivity index (χ1n) is 4.64. The van der Waals surface area contributed by atoms with Crippen molar-refractivity contribution in [3.8, 4) is 0 Å². The maximum atomic E-state index is 6.05. The molecule has 15 heavy (non-hydrogen) atoms. The van der Waals surface area contributed by atoms with Crippen LogP contribution in [0, 0.1) is 0 Å². The third-order valence-corrected chi connectivity index (χ3v) is 2.45. The first kappa shape index (κ1) is 9.73. The minimum Gasteiger partial charge on any atom is -0.396 e. The summed E-state index contributed by atoms with van der Waals surface area (Å²) in [5.74, 6) is 0. The van der Waals surface area contributed by atoms with Crippen LogP contribution in [0.2, 0.25) is 0 Å². The second-order valence-electron chi connectivity index (χ2n) is 3.28. The van der Waals surface area contributed by atoms with Gasteiger partial charge in [-0.3, -0.25) is 14.9 Å². The van der Waals surface area contributed by atoms with Crippen LogP contribution in [0.25, 0.3) is 10.8 Å². The van der Waals surface area contributed by atoms with Gasteiger partial charge in [0, 0.05) is 30.2 Å². The van der Waals surface area contributed by atoms with Crippen LogP contribution in [0.4, 0.5) is 11.4 Å². The molecule has 0 saturated heterocycles. The molecule has 0 saturated carbocycles. The molecule has 1 aromatic heterocycles. The molecule has 0 spiro atoms. The Morgan fingerprint density at radius 2 is 2.13 bits per heavy atom. The monoisotopic (exact) mass is 203 g/mol. The number of fused-ring (bicyclic) bond motifs is 1. The van der Waals surface area contributed by atoms with Crippen LogP contribution in [0.5, 0.6) is 0 Å². The molecule has 1 aromatic carbocycles.